The lowest BCUT2D eigenvalue weighted by Crippen LogP contribution is -2.46. The summed E-state index contributed by atoms with van der Waals surface area (Å²) in [6, 6.07) is 11.0. The highest BCUT2D eigenvalue weighted by atomic mass is 19.1. The summed E-state index contributed by atoms with van der Waals surface area (Å²) < 4.78 is 37.3. The first-order valence-corrected chi connectivity index (χ1v) is 17.0. The minimum absolute atomic E-state index is 0.0872. The molecule has 6 nitrogen and oxygen atoms in total. The fourth-order valence-electron chi connectivity index (χ4n) is 7.32. The maximum absolute atomic E-state index is 15.6. The summed E-state index contributed by atoms with van der Waals surface area (Å²) in [5.41, 5.74) is 0.426. The van der Waals surface area contributed by atoms with Gasteiger partial charge in [-0.15, -0.1) is 12.8 Å². The fraction of sp³-hybridized carbons (Fsp3) is 0.564. The summed E-state index contributed by atoms with van der Waals surface area (Å²) in [7, 11) is 1.63. The molecule has 1 spiro atoms. The van der Waals surface area contributed by atoms with Crippen molar-refractivity contribution >= 4 is 18.5 Å². The van der Waals surface area contributed by atoms with Crippen molar-refractivity contribution in [2.75, 3.05) is 13.6 Å². The molecule has 2 N–H and O–H groups in total. The topological polar surface area (TPSA) is 84.5 Å². The molecule has 1 amide bonds. The number of halogens is 2. The molecule has 3 atom stereocenters. The molecular formula is C39H52F2N2O4. The molecule has 6 rings (SSSR count). The van der Waals surface area contributed by atoms with Gasteiger partial charge in [0.1, 0.15) is 18.4 Å². The second-order valence-electron chi connectivity index (χ2n) is 13.6. The minimum Gasteiger partial charge on any atom is -0.490 e. The second kappa shape index (κ2) is 16.0. The van der Waals surface area contributed by atoms with Crippen LogP contribution in [0, 0.1) is 24.6 Å². The Morgan fingerprint density at radius 2 is 1.74 bits per heavy atom. The van der Waals surface area contributed by atoms with Crippen molar-refractivity contribution in [3.63, 3.8) is 0 Å². The van der Waals surface area contributed by atoms with E-state index in [9.17, 15) is 9.59 Å². The number of hydrogen-bond acceptors (Lipinski definition) is 5. The summed E-state index contributed by atoms with van der Waals surface area (Å²) >= 11 is 0. The average molecular weight is 651 g/mol. The van der Waals surface area contributed by atoms with Crippen LogP contribution < -0.4 is 15.4 Å². The number of terminal acetylenes is 1. The molecule has 0 unspecified atom stereocenters. The third-order valence-electron chi connectivity index (χ3n) is 10.3. The lowest BCUT2D eigenvalue weighted by molar-refractivity contribution is -0.131. The van der Waals surface area contributed by atoms with Gasteiger partial charge in [0.2, 0.25) is 5.91 Å². The van der Waals surface area contributed by atoms with E-state index >= 15 is 8.78 Å². The van der Waals surface area contributed by atoms with E-state index < -0.39 is 11.1 Å². The molecule has 8 heteroatoms. The van der Waals surface area contributed by atoms with Gasteiger partial charge in [-0.05, 0) is 112 Å². The number of Topliss-reactive ketones (excluding diaryl/α,β-unsaturated/α-hetero) is 1. The Bertz CT molecular complexity index is 1410. The number of nitrogens with one attached hydrogen (secondary N) is 2. The van der Waals surface area contributed by atoms with Crippen molar-refractivity contribution in [1.82, 2.24) is 10.6 Å². The van der Waals surface area contributed by atoms with Gasteiger partial charge in [-0.25, -0.2) is 8.78 Å². The summed E-state index contributed by atoms with van der Waals surface area (Å²) in [4.78, 5) is 33.8. The summed E-state index contributed by atoms with van der Waals surface area (Å²) in [6.07, 6.45) is 15.7. The van der Waals surface area contributed by atoms with Crippen molar-refractivity contribution in [3.8, 4) is 29.7 Å². The molecule has 0 aromatic heterocycles. The Hall–Kier alpha value is -3.57. The molecule has 4 fully saturated rings. The van der Waals surface area contributed by atoms with Crippen LogP contribution in [0.2, 0.25) is 0 Å². The summed E-state index contributed by atoms with van der Waals surface area (Å²) in [5.74, 6) is 0.345. The van der Waals surface area contributed by atoms with Gasteiger partial charge in [-0.2, -0.15) is 0 Å². The Labute approximate surface area is 279 Å². The minimum atomic E-state index is -1.75. The second-order valence-corrected chi connectivity index (χ2v) is 13.6. The zero-order chi connectivity index (χ0) is 35.0. The molecule has 1 aliphatic heterocycles. The third kappa shape index (κ3) is 8.12. The Morgan fingerprint density at radius 1 is 1.06 bits per heavy atom. The number of alkyl halides is 1. The van der Waals surface area contributed by atoms with Crippen LogP contribution >= 0.6 is 0 Å². The molecule has 1 heterocycles. The predicted octanol–water partition coefficient (Wildman–Crippen LogP) is 7.62. The van der Waals surface area contributed by atoms with Crippen LogP contribution in [0.3, 0.4) is 0 Å². The Balaban J connectivity index is 0.000000947. The van der Waals surface area contributed by atoms with E-state index in [0.29, 0.717) is 24.2 Å². The van der Waals surface area contributed by atoms with Gasteiger partial charge in [0, 0.05) is 37.5 Å². The first-order chi connectivity index (χ1) is 22.5. The molecule has 0 radical (unpaired) electrons. The largest absolute Gasteiger partial charge is 0.490 e. The van der Waals surface area contributed by atoms with Gasteiger partial charge in [-0.1, -0.05) is 32.0 Å². The quantitative estimate of drug-likeness (QED) is 0.273. The molecule has 3 aliphatic carbocycles. The smallest absolute Gasteiger partial charge is 0.229 e. The maximum Gasteiger partial charge on any atom is 0.229 e. The third-order valence-corrected chi connectivity index (χ3v) is 10.3. The SMILES string of the molecule is C#C.C=O.CC.CNC(=O)C(C)(C)c1ccc(O[C@@H]2CC[C@@H](CC(=O)[C@@]3(F)CNC4(CCC4)C3)C2)c(-c2cccc(F)c2C2CC2)c1. The normalized spacial score (nSPS) is 23.9. The molecule has 4 aliphatic rings. The maximum atomic E-state index is 15.6. The van der Waals surface area contributed by atoms with E-state index in [2.05, 4.69) is 23.5 Å². The van der Waals surface area contributed by atoms with Crippen LogP contribution in [0.15, 0.2) is 36.4 Å². The number of ether oxygens (including phenoxy) is 1. The lowest BCUT2D eigenvalue weighted by Gasteiger charge is -2.38. The number of rotatable bonds is 9. The summed E-state index contributed by atoms with van der Waals surface area (Å²) in [5, 5.41) is 6.05. The summed E-state index contributed by atoms with van der Waals surface area (Å²) in [6.45, 7) is 9.89. The number of carbonyl (C=O) groups excluding carboxylic acids is 3. The Kier molecular flexibility index (Phi) is 12.9. The highest BCUT2D eigenvalue weighted by Crippen LogP contribution is 2.49. The molecular weight excluding hydrogens is 598 g/mol. The first-order valence-electron chi connectivity index (χ1n) is 17.0. The fourth-order valence-corrected chi connectivity index (χ4v) is 7.32. The average Bonchev–Trinajstić information content (AvgIpc) is 3.70. The van der Waals surface area contributed by atoms with Crippen LogP contribution in [-0.4, -0.2) is 49.4 Å². The van der Waals surface area contributed by atoms with E-state index in [1.807, 2.05) is 58.7 Å². The molecule has 256 valence electrons. The highest BCUT2D eigenvalue weighted by Gasteiger charge is 2.55. The standard InChI is InChI=1S/C34H42F2N2O3.C2H6.C2H2.CH2O/c1-32(2,31(40)37-3)23-11-13-28(26(18-23)25-6-4-7-27(35)30(25)22-9-10-22)41-24-12-8-21(16-24)17-29(39)34(36)19-33(38-20-34)14-5-15-33;3*1-2/h4,6-7,11,13,18,21-22,24,38H,5,8-10,12,14-17,19-20H2,1-3H3,(H,37,40);1-2H3;1-2H;1H2/t21-,24-,34+;;;/m1.../s1. The number of ketones is 1. The van der Waals surface area contributed by atoms with E-state index in [0.717, 1.165) is 61.6 Å². The Morgan fingerprint density at radius 3 is 2.32 bits per heavy atom. The molecule has 2 aromatic rings. The van der Waals surface area contributed by atoms with E-state index in [-0.39, 0.29) is 54.0 Å². The predicted molar refractivity (Wildman–Crippen MR) is 184 cm³/mol. The van der Waals surface area contributed by atoms with Gasteiger partial charge >= 0.3 is 0 Å². The lowest BCUT2D eigenvalue weighted by atomic mass is 9.73. The van der Waals surface area contributed by atoms with Crippen molar-refractivity contribution in [2.45, 2.75) is 121 Å². The number of carbonyl (C=O) groups is 3. The van der Waals surface area contributed by atoms with Crippen LogP contribution in [0.25, 0.3) is 11.1 Å². The van der Waals surface area contributed by atoms with Crippen LogP contribution in [0.1, 0.15) is 109 Å². The number of hydrogen-bond donors (Lipinski definition) is 2. The molecule has 0 bridgehead atoms. The zero-order valence-corrected chi connectivity index (χ0v) is 28.7. The number of benzene rings is 2. The van der Waals surface area contributed by atoms with Crippen LogP contribution in [-0.2, 0) is 19.8 Å². The molecule has 3 saturated carbocycles. The number of likely N-dealkylation sites (N-methyl/N-ethyl adjacent to an activating group) is 1. The van der Waals surface area contributed by atoms with Crippen LogP contribution in [0.4, 0.5) is 8.78 Å². The van der Waals surface area contributed by atoms with Gasteiger partial charge in [-0.3, -0.25) is 9.59 Å². The van der Waals surface area contributed by atoms with E-state index in [4.69, 9.17) is 9.53 Å². The van der Waals surface area contributed by atoms with Gasteiger partial charge in [0.25, 0.3) is 0 Å². The van der Waals surface area contributed by atoms with Crippen molar-refractivity contribution < 1.29 is 27.9 Å². The van der Waals surface area contributed by atoms with Gasteiger partial charge in [0.15, 0.2) is 11.5 Å². The van der Waals surface area contributed by atoms with E-state index in [1.54, 1.807) is 13.1 Å². The van der Waals surface area contributed by atoms with E-state index in [1.165, 1.54) is 6.07 Å². The first kappa shape index (κ1) is 37.9. The van der Waals surface area contributed by atoms with Gasteiger partial charge < -0.3 is 20.2 Å². The monoisotopic (exact) mass is 650 g/mol. The van der Waals surface area contributed by atoms with Crippen molar-refractivity contribution in [1.29, 1.82) is 0 Å². The molecule has 1 saturated heterocycles. The van der Waals surface area contributed by atoms with Crippen molar-refractivity contribution in [2.24, 2.45) is 5.92 Å². The highest BCUT2D eigenvalue weighted by molar-refractivity contribution is 5.89. The number of amides is 1. The molecule has 2 aromatic carbocycles. The van der Waals surface area contributed by atoms with Crippen molar-refractivity contribution in [3.05, 3.63) is 53.3 Å². The zero-order valence-electron chi connectivity index (χ0n) is 28.7. The van der Waals surface area contributed by atoms with Gasteiger partial charge in [0.05, 0.1) is 11.5 Å². The molecule has 47 heavy (non-hydrogen) atoms. The van der Waals surface area contributed by atoms with Crippen LogP contribution in [0.5, 0.6) is 5.75 Å².